The summed E-state index contributed by atoms with van der Waals surface area (Å²) >= 11 is 5.67. The molecule has 1 atom stereocenters. The van der Waals surface area contributed by atoms with E-state index >= 15 is 0 Å². The van der Waals surface area contributed by atoms with Crippen molar-refractivity contribution in [3.05, 3.63) is 33.3 Å². The van der Waals surface area contributed by atoms with Crippen molar-refractivity contribution in [1.82, 2.24) is 10.0 Å². The highest BCUT2D eigenvalue weighted by atomic mass is 35.5. The van der Waals surface area contributed by atoms with Gasteiger partial charge in [0.05, 0.1) is 4.92 Å². The largest absolute Gasteiger partial charge is 0.315 e. The fraction of sp³-hybridized carbons (Fsp3) is 0.455. The summed E-state index contributed by atoms with van der Waals surface area (Å²) < 4.78 is 27.0. The number of rotatable bonds is 4. The molecule has 1 fully saturated rings. The van der Waals surface area contributed by atoms with Crippen LogP contribution >= 0.6 is 11.6 Å². The molecule has 2 N–H and O–H groups in total. The molecule has 110 valence electrons. The highest BCUT2D eigenvalue weighted by molar-refractivity contribution is 7.89. The van der Waals surface area contributed by atoms with E-state index in [1.54, 1.807) is 0 Å². The molecule has 0 amide bonds. The van der Waals surface area contributed by atoms with E-state index in [1.807, 2.05) is 0 Å². The fourth-order valence-electron chi connectivity index (χ4n) is 2.10. The molecule has 0 saturated carbocycles. The molecular formula is C11H14ClN3O4S. The van der Waals surface area contributed by atoms with Gasteiger partial charge in [0, 0.05) is 23.7 Å². The van der Waals surface area contributed by atoms with Gasteiger partial charge in [0.1, 0.15) is 0 Å². The number of piperidine rings is 1. The number of sulfonamides is 1. The summed E-state index contributed by atoms with van der Waals surface area (Å²) in [7, 11) is -3.94. The lowest BCUT2D eigenvalue weighted by Gasteiger charge is -2.23. The average molecular weight is 320 g/mol. The maximum absolute atomic E-state index is 12.3. The van der Waals surface area contributed by atoms with Gasteiger partial charge in [-0.25, -0.2) is 13.1 Å². The van der Waals surface area contributed by atoms with Gasteiger partial charge in [-0.05, 0) is 31.5 Å². The number of nitro groups is 1. The van der Waals surface area contributed by atoms with E-state index in [0.717, 1.165) is 25.1 Å². The van der Waals surface area contributed by atoms with Crippen LogP contribution in [0.2, 0.25) is 5.02 Å². The molecule has 9 heteroatoms. The Bertz CT molecular complexity index is 614. The lowest BCUT2D eigenvalue weighted by Crippen LogP contribution is -2.45. The normalized spacial score (nSPS) is 19.8. The van der Waals surface area contributed by atoms with Crippen LogP contribution in [-0.4, -0.2) is 32.5 Å². The molecule has 1 saturated heterocycles. The first kappa shape index (κ1) is 15.2. The van der Waals surface area contributed by atoms with Crippen molar-refractivity contribution in [1.29, 1.82) is 0 Å². The SMILES string of the molecule is O=[N+]([O-])c1cc(Cl)ccc1S(=O)(=O)N[C@@H]1CCCNC1. The van der Waals surface area contributed by atoms with Gasteiger partial charge in [0.2, 0.25) is 10.0 Å². The van der Waals surface area contributed by atoms with Gasteiger partial charge in [-0.2, -0.15) is 0 Å². The molecule has 20 heavy (non-hydrogen) atoms. The minimum atomic E-state index is -3.94. The Balaban J connectivity index is 2.31. The van der Waals surface area contributed by atoms with Gasteiger partial charge in [0.25, 0.3) is 5.69 Å². The van der Waals surface area contributed by atoms with E-state index in [-0.39, 0.29) is 16.0 Å². The second-order valence-electron chi connectivity index (χ2n) is 4.53. The number of benzene rings is 1. The van der Waals surface area contributed by atoms with E-state index in [4.69, 9.17) is 11.6 Å². The van der Waals surface area contributed by atoms with Crippen molar-refractivity contribution < 1.29 is 13.3 Å². The minimum absolute atomic E-state index is 0.120. The zero-order chi connectivity index (χ0) is 14.8. The molecule has 0 bridgehead atoms. The molecule has 1 aromatic carbocycles. The molecule has 1 aromatic rings. The Kier molecular flexibility index (Phi) is 4.59. The molecule has 0 radical (unpaired) electrons. The van der Waals surface area contributed by atoms with Gasteiger partial charge < -0.3 is 5.32 Å². The second-order valence-corrected chi connectivity index (χ2v) is 6.65. The molecule has 1 aliphatic heterocycles. The van der Waals surface area contributed by atoms with Gasteiger partial charge in [-0.1, -0.05) is 11.6 Å². The summed E-state index contributed by atoms with van der Waals surface area (Å²) in [6.45, 7) is 1.36. The van der Waals surface area contributed by atoms with Crippen molar-refractivity contribution in [2.24, 2.45) is 0 Å². The van der Waals surface area contributed by atoms with Crippen molar-refractivity contribution in [3.63, 3.8) is 0 Å². The maximum Gasteiger partial charge on any atom is 0.290 e. The molecule has 2 rings (SSSR count). The van der Waals surface area contributed by atoms with Crippen LogP contribution in [0.5, 0.6) is 0 Å². The zero-order valence-corrected chi connectivity index (χ0v) is 12.1. The number of hydrogen-bond donors (Lipinski definition) is 2. The Morgan fingerprint density at radius 3 is 2.80 bits per heavy atom. The monoisotopic (exact) mass is 319 g/mol. The summed E-state index contributed by atoms with van der Waals surface area (Å²) in [6, 6.07) is 3.25. The summed E-state index contributed by atoms with van der Waals surface area (Å²) in [4.78, 5) is 9.84. The van der Waals surface area contributed by atoms with Crippen LogP contribution in [0.3, 0.4) is 0 Å². The van der Waals surface area contributed by atoms with Gasteiger partial charge in [-0.15, -0.1) is 0 Å². The van der Waals surface area contributed by atoms with Gasteiger partial charge in [0.15, 0.2) is 4.90 Å². The van der Waals surface area contributed by atoms with E-state index in [2.05, 4.69) is 10.0 Å². The molecule has 0 aromatic heterocycles. The van der Waals surface area contributed by atoms with E-state index < -0.39 is 20.6 Å². The van der Waals surface area contributed by atoms with Crippen LogP contribution in [0.4, 0.5) is 5.69 Å². The van der Waals surface area contributed by atoms with Crippen molar-refractivity contribution >= 4 is 27.3 Å². The first-order chi connectivity index (χ1) is 9.40. The summed E-state index contributed by atoms with van der Waals surface area (Å²) in [5.74, 6) is 0. The highest BCUT2D eigenvalue weighted by Gasteiger charge is 2.28. The second kappa shape index (κ2) is 6.04. The van der Waals surface area contributed by atoms with Crippen molar-refractivity contribution in [2.75, 3.05) is 13.1 Å². The smallest absolute Gasteiger partial charge is 0.290 e. The molecule has 0 unspecified atom stereocenters. The molecule has 1 heterocycles. The fourth-order valence-corrected chi connectivity index (χ4v) is 3.69. The number of hydrogen-bond acceptors (Lipinski definition) is 5. The summed E-state index contributed by atoms with van der Waals surface area (Å²) in [5, 5.41) is 14.1. The van der Waals surface area contributed by atoms with Crippen LogP contribution in [0.25, 0.3) is 0 Å². The Hall–Kier alpha value is -1.22. The third kappa shape index (κ3) is 3.45. The Morgan fingerprint density at radius 1 is 1.45 bits per heavy atom. The van der Waals surface area contributed by atoms with Gasteiger partial charge in [-0.3, -0.25) is 10.1 Å². The lowest BCUT2D eigenvalue weighted by molar-refractivity contribution is -0.387. The van der Waals surface area contributed by atoms with Crippen molar-refractivity contribution in [2.45, 2.75) is 23.8 Å². The molecule has 7 nitrogen and oxygen atoms in total. The van der Waals surface area contributed by atoms with E-state index in [9.17, 15) is 18.5 Å². The van der Waals surface area contributed by atoms with E-state index in [0.29, 0.717) is 13.0 Å². The van der Waals surface area contributed by atoms with E-state index in [1.165, 1.54) is 6.07 Å². The third-order valence-electron chi connectivity index (χ3n) is 3.03. The summed E-state index contributed by atoms with van der Waals surface area (Å²) in [6.07, 6.45) is 1.56. The number of nitro benzene ring substituents is 1. The summed E-state index contributed by atoms with van der Waals surface area (Å²) in [5.41, 5.74) is -0.520. The number of halogens is 1. The molecule has 0 spiro atoms. The quantitative estimate of drug-likeness (QED) is 0.643. The average Bonchev–Trinajstić information content (AvgIpc) is 2.38. The molecule has 0 aliphatic carbocycles. The van der Waals surface area contributed by atoms with Crippen LogP contribution < -0.4 is 10.0 Å². The Morgan fingerprint density at radius 2 is 2.20 bits per heavy atom. The topological polar surface area (TPSA) is 101 Å². The predicted octanol–water partition coefficient (Wildman–Crippen LogP) is 1.28. The zero-order valence-electron chi connectivity index (χ0n) is 10.5. The van der Waals surface area contributed by atoms with Crippen LogP contribution in [0.1, 0.15) is 12.8 Å². The van der Waals surface area contributed by atoms with Crippen LogP contribution in [-0.2, 0) is 10.0 Å². The number of nitrogens with one attached hydrogen (secondary N) is 2. The first-order valence-corrected chi connectivity index (χ1v) is 7.93. The molecule has 1 aliphatic rings. The number of nitrogens with zero attached hydrogens (tertiary/aromatic N) is 1. The van der Waals surface area contributed by atoms with Crippen LogP contribution in [0.15, 0.2) is 23.1 Å². The minimum Gasteiger partial charge on any atom is -0.315 e. The Labute approximate surface area is 121 Å². The van der Waals surface area contributed by atoms with Crippen molar-refractivity contribution in [3.8, 4) is 0 Å². The predicted molar refractivity (Wildman–Crippen MR) is 74.3 cm³/mol. The maximum atomic E-state index is 12.3. The molecular weight excluding hydrogens is 306 g/mol. The standard InChI is InChI=1S/C11H14ClN3O4S/c12-8-3-4-11(10(6-8)15(16)17)20(18,19)14-9-2-1-5-13-7-9/h3-4,6,9,13-14H,1-2,5,7H2/t9-/m1/s1. The highest BCUT2D eigenvalue weighted by Crippen LogP contribution is 2.27. The van der Waals surface area contributed by atoms with Crippen LogP contribution in [0, 0.1) is 10.1 Å². The van der Waals surface area contributed by atoms with Gasteiger partial charge >= 0.3 is 0 Å². The third-order valence-corrected chi connectivity index (χ3v) is 4.83. The first-order valence-electron chi connectivity index (χ1n) is 6.07. The lowest BCUT2D eigenvalue weighted by atomic mass is 10.1.